The van der Waals surface area contributed by atoms with Gasteiger partial charge in [0.15, 0.2) is 0 Å². The van der Waals surface area contributed by atoms with Gasteiger partial charge in [0.05, 0.1) is 5.69 Å². The Morgan fingerprint density at radius 2 is 2.21 bits per heavy atom. The van der Waals surface area contributed by atoms with Crippen LogP contribution in [-0.2, 0) is 4.74 Å². The minimum absolute atomic E-state index is 0.816. The van der Waals surface area contributed by atoms with Gasteiger partial charge in [-0.15, -0.1) is 11.8 Å². The van der Waals surface area contributed by atoms with E-state index in [1.165, 1.54) is 4.90 Å². The highest BCUT2D eigenvalue weighted by Crippen LogP contribution is 2.28. The second-order valence-corrected chi connectivity index (χ2v) is 3.96. The van der Waals surface area contributed by atoms with Crippen LogP contribution in [0.3, 0.4) is 0 Å². The van der Waals surface area contributed by atoms with Crippen molar-refractivity contribution in [2.45, 2.75) is 11.3 Å². The first-order valence-corrected chi connectivity index (χ1v) is 5.54. The van der Waals surface area contributed by atoms with Crippen LogP contribution in [0.5, 0.6) is 0 Å². The molecular weight excluding hydrogens is 194 g/mol. The Morgan fingerprint density at radius 1 is 1.43 bits per heavy atom. The summed E-state index contributed by atoms with van der Waals surface area (Å²) >= 11 is 1.80. The average Bonchev–Trinajstić information content (AvgIpc) is 2.25. The zero-order valence-electron chi connectivity index (χ0n) is 8.40. The van der Waals surface area contributed by atoms with E-state index >= 15 is 0 Å². The van der Waals surface area contributed by atoms with Gasteiger partial charge in [-0.1, -0.05) is 12.1 Å². The monoisotopic (exact) mass is 209 g/mol. The van der Waals surface area contributed by atoms with Crippen molar-refractivity contribution in [1.82, 2.24) is 0 Å². The van der Waals surface area contributed by atoms with Crippen LogP contribution in [-0.4, -0.2) is 26.2 Å². The summed E-state index contributed by atoms with van der Waals surface area (Å²) in [6, 6.07) is 8.05. The zero-order chi connectivity index (χ0) is 10.2. The minimum Gasteiger partial charge on any atom is -0.385 e. The van der Waals surface area contributed by atoms with Gasteiger partial charge in [0.2, 0.25) is 0 Å². The lowest BCUT2D eigenvalue weighted by atomic mass is 10.3. The summed E-state index contributed by atoms with van der Waals surface area (Å²) < 4.78 is 4.99. The number of methoxy groups -OCH3 is 1. The van der Waals surface area contributed by atoms with Crippen LogP contribution in [0.15, 0.2) is 34.2 Å². The second kappa shape index (κ2) is 6.62. The van der Waals surface area contributed by atoms with Crippen LogP contribution in [0.2, 0.25) is 0 Å². The maximum absolute atomic E-state index is 4.99. The van der Waals surface area contributed by atoms with Crippen molar-refractivity contribution in [3.05, 3.63) is 24.3 Å². The van der Waals surface area contributed by atoms with Gasteiger partial charge in [0.1, 0.15) is 0 Å². The Labute approximate surface area is 89.4 Å². The molecule has 1 aromatic rings. The van der Waals surface area contributed by atoms with Gasteiger partial charge in [0, 0.05) is 24.4 Å². The fourth-order valence-electron chi connectivity index (χ4n) is 1.10. The van der Waals surface area contributed by atoms with E-state index in [-0.39, 0.29) is 0 Å². The van der Waals surface area contributed by atoms with E-state index in [4.69, 9.17) is 4.74 Å². The molecule has 1 rings (SSSR count). The molecule has 3 heteroatoms. The highest BCUT2D eigenvalue weighted by Gasteiger charge is 1.99. The Morgan fingerprint density at radius 3 is 2.93 bits per heavy atom. The molecule has 1 aromatic carbocycles. The van der Waals surface area contributed by atoms with Crippen LogP contribution >= 0.6 is 11.8 Å². The summed E-state index contributed by atoms with van der Waals surface area (Å²) in [5, 5.41) is 0. The molecule has 0 saturated carbocycles. The molecule has 76 valence electrons. The largest absolute Gasteiger partial charge is 0.385 e. The summed E-state index contributed by atoms with van der Waals surface area (Å²) in [5.41, 5.74) is 0.968. The molecule has 0 atom stereocenters. The van der Waals surface area contributed by atoms with Gasteiger partial charge in [-0.3, -0.25) is 4.99 Å². The summed E-state index contributed by atoms with van der Waals surface area (Å²) in [7, 11) is 1.73. The van der Waals surface area contributed by atoms with Crippen LogP contribution in [0.1, 0.15) is 6.42 Å². The van der Waals surface area contributed by atoms with Crippen molar-refractivity contribution in [3.63, 3.8) is 0 Å². The molecule has 0 radical (unpaired) electrons. The molecule has 0 aliphatic heterocycles. The number of hydrogen-bond acceptors (Lipinski definition) is 3. The first kappa shape index (κ1) is 11.3. The van der Waals surface area contributed by atoms with Gasteiger partial charge in [-0.25, -0.2) is 0 Å². The number of nitrogens with zero attached hydrogens (tertiary/aromatic N) is 1. The number of para-hydroxylation sites is 1. The van der Waals surface area contributed by atoms with E-state index in [1.807, 2.05) is 18.2 Å². The molecule has 2 nitrogen and oxygen atoms in total. The van der Waals surface area contributed by atoms with Crippen LogP contribution < -0.4 is 0 Å². The molecule has 0 unspecified atom stereocenters. The van der Waals surface area contributed by atoms with E-state index in [0.29, 0.717) is 0 Å². The highest BCUT2D eigenvalue weighted by atomic mass is 32.2. The van der Waals surface area contributed by atoms with Crippen LogP contribution in [0.4, 0.5) is 5.69 Å². The molecule has 0 bridgehead atoms. The first-order chi connectivity index (χ1) is 6.88. The topological polar surface area (TPSA) is 21.6 Å². The summed E-state index contributed by atoms with van der Waals surface area (Å²) in [6.07, 6.45) is 1.06. The minimum atomic E-state index is 0.816. The number of aliphatic imine (C=N–C) groups is 1. The zero-order valence-corrected chi connectivity index (χ0v) is 9.22. The van der Waals surface area contributed by atoms with E-state index in [2.05, 4.69) is 17.8 Å². The lowest BCUT2D eigenvalue weighted by molar-refractivity contribution is 0.200. The smallest absolute Gasteiger partial charge is 0.0758 e. The van der Waals surface area contributed by atoms with Crippen molar-refractivity contribution in [2.24, 2.45) is 4.99 Å². The average molecular weight is 209 g/mol. The van der Waals surface area contributed by atoms with Gasteiger partial charge >= 0.3 is 0 Å². The number of ether oxygens (including phenoxy) is 1. The molecule has 0 spiro atoms. The predicted octanol–water partition coefficient (Wildman–Crippen LogP) is 3.15. The molecule has 0 saturated heterocycles. The highest BCUT2D eigenvalue weighted by molar-refractivity contribution is 7.99. The number of benzene rings is 1. The summed E-state index contributed by atoms with van der Waals surface area (Å²) in [6.45, 7) is 4.36. The van der Waals surface area contributed by atoms with Crippen molar-refractivity contribution < 1.29 is 4.74 Å². The first-order valence-electron chi connectivity index (χ1n) is 4.56. The predicted molar refractivity (Wildman–Crippen MR) is 62.9 cm³/mol. The molecule has 14 heavy (non-hydrogen) atoms. The van der Waals surface area contributed by atoms with Gasteiger partial charge in [-0.05, 0) is 25.3 Å². The van der Waals surface area contributed by atoms with Gasteiger partial charge in [0.25, 0.3) is 0 Å². The third-order valence-electron chi connectivity index (χ3n) is 1.79. The molecular formula is C11H15NOS. The molecule has 0 N–H and O–H groups in total. The Balaban J connectivity index is 2.45. The molecule has 0 aromatic heterocycles. The van der Waals surface area contributed by atoms with E-state index in [0.717, 1.165) is 24.5 Å². The third-order valence-corrected chi connectivity index (χ3v) is 2.93. The van der Waals surface area contributed by atoms with Crippen molar-refractivity contribution >= 4 is 24.2 Å². The van der Waals surface area contributed by atoms with E-state index in [1.54, 1.807) is 18.9 Å². The number of thioether (sulfide) groups is 1. The number of hydrogen-bond donors (Lipinski definition) is 0. The van der Waals surface area contributed by atoms with Crippen LogP contribution in [0.25, 0.3) is 0 Å². The lowest BCUT2D eigenvalue weighted by Crippen LogP contribution is -1.90. The summed E-state index contributed by atoms with van der Waals surface area (Å²) in [5.74, 6) is 1.06. The molecule has 0 amide bonds. The SMILES string of the molecule is C=Nc1ccccc1SCCCOC. The Kier molecular flexibility index (Phi) is 5.33. The molecule has 0 aliphatic carbocycles. The van der Waals surface area contributed by atoms with Gasteiger partial charge < -0.3 is 4.74 Å². The molecule has 0 fully saturated rings. The number of rotatable bonds is 6. The lowest BCUT2D eigenvalue weighted by Gasteiger charge is -2.03. The second-order valence-electron chi connectivity index (χ2n) is 2.82. The Hall–Kier alpha value is -0.800. The third kappa shape index (κ3) is 3.52. The van der Waals surface area contributed by atoms with Crippen molar-refractivity contribution in [3.8, 4) is 0 Å². The standard InChI is InChI=1S/C11H15NOS/c1-12-10-6-3-4-7-11(10)14-9-5-8-13-2/h3-4,6-7H,1,5,8-9H2,2H3. The van der Waals surface area contributed by atoms with E-state index < -0.39 is 0 Å². The Bertz CT molecular complexity index is 288. The summed E-state index contributed by atoms with van der Waals surface area (Å²) in [4.78, 5) is 5.16. The molecule has 0 heterocycles. The van der Waals surface area contributed by atoms with Crippen molar-refractivity contribution in [2.75, 3.05) is 19.5 Å². The maximum Gasteiger partial charge on any atom is 0.0758 e. The normalized spacial score (nSPS) is 10.1. The molecule has 0 aliphatic rings. The fraction of sp³-hybridized carbons (Fsp3) is 0.364. The fourth-order valence-corrected chi connectivity index (χ4v) is 2.03. The van der Waals surface area contributed by atoms with E-state index in [9.17, 15) is 0 Å². The van der Waals surface area contributed by atoms with Crippen LogP contribution in [0, 0.1) is 0 Å². The van der Waals surface area contributed by atoms with Gasteiger partial charge in [-0.2, -0.15) is 0 Å². The maximum atomic E-state index is 4.99. The quantitative estimate of drug-likeness (QED) is 0.408. The van der Waals surface area contributed by atoms with Crippen molar-refractivity contribution in [1.29, 1.82) is 0 Å².